The fourth-order valence-electron chi connectivity index (χ4n) is 1.31. The van der Waals surface area contributed by atoms with E-state index in [2.05, 4.69) is 20.7 Å². The van der Waals surface area contributed by atoms with Crippen molar-refractivity contribution in [2.45, 2.75) is 6.54 Å². The average molecular weight is 265 g/mol. The van der Waals surface area contributed by atoms with Gasteiger partial charge in [-0.2, -0.15) is 10.1 Å². The number of carboxylic acid groups (broad SMARTS) is 1. The van der Waals surface area contributed by atoms with Gasteiger partial charge in [-0.25, -0.2) is 14.3 Å². The number of carboxylic acids is 1. The number of urea groups is 1. The first-order valence-corrected chi connectivity index (χ1v) is 5.27. The smallest absolute Gasteiger partial charge is 0.371 e. The second-order valence-electron chi connectivity index (χ2n) is 3.59. The topological polar surface area (TPSA) is 122 Å². The third-order valence-electron chi connectivity index (χ3n) is 2.23. The van der Waals surface area contributed by atoms with Gasteiger partial charge in [0, 0.05) is 7.05 Å². The van der Waals surface area contributed by atoms with Gasteiger partial charge in [0.2, 0.25) is 11.7 Å². The Morgan fingerprint density at radius 1 is 1.47 bits per heavy atom. The van der Waals surface area contributed by atoms with Crippen molar-refractivity contribution in [3.63, 3.8) is 0 Å². The number of aromatic carboxylic acids is 1. The van der Waals surface area contributed by atoms with Crippen molar-refractivity contribution in [2.75, 3.05) is 5.32 Å². The van der Waals surface area contributed by atoms with Gasteiger partial charge in [0.15, 0.2) is 0 Å². The summed E-state index contributed by atoms with van der Waals surface area (Å²) in [6.07, 6.45) is 1.31. The van der Waals surface area contributed by atoms with Crippen molar-refractivity contribution in [1.82, 2.24) is 20.1 Å². The zero-order chi connectivity index (χ0) is 13.8. The van der Waals surface area contributed by atoms with Crippen LogP contribution in [0.5, 0.6) is 0 Å². The molecule has 100 valence electrons. The largest absolute Gasteiger partial charge is 0.475 e. The summed E-state index contributed by atoms with van der Waals surface area (Å²) in [5.41, 5.74) is 0. The summed E-state index contributed by atoms with van der Waals surface area (Å²) in [6, 6.07) is 2.30. The molecule has 0 aliphatic carbocycles. The molecule has 0 aliphatic rings. The summed E-state index contributed by atoms with van der Waals surface area (Å²) in [6.45, 7) is 0.0664. The molecule has 0 saturated heterocycles. The lowest BCUT2D eigenvalue weighted by atomic mass is 10.4. The van der Waals surface area contributed by atoms with Crippen molar-refractivity contribution in [3.8, 4) is 0 Å². The number of hydrogen-bond acceptors (Lipinski definition) is 5. The van der Waals surface area contributed by atoms with E-state index in [9.17, 15) is 9.59 Å². The van der Waals surface area contributed by atoms with Gasteiger partial charge in [-0.15, -0.1) is 0 Å². The number of rotatable bonds is 4. The van der Waals surface area contributed by atoms with Crippen molar-refractivity contribution in [1.29, 1.82) is 0 Å². The van der Waals surface area contributed by atoms with Crippen molar-refractivity contribution in [3.05, 3.63) is 30.0 Å². The number of carbonyl (C=O) groups excluding carboxylic acids is 1. The third-order valence-corrected chi connectivity index (χ3v) is 2.23. The van der Waals surface area contributed by atoms with Crippen LogP contribution in [-0.2, 0) is 13.6 Å². The van der Waals surface area contributed by atoms with Gasteiger partial charge in [-0.3, -0.25) is 5.32 Å². The molecular formula is C10H11N5O4. The molecule has 2 rings (SSSR count). The van der Waals surface area contributed by atoms with Crippen LogP contribution in [0.2, 0.25) is 0 Å². The Morgan fingerprint density at radius 3 is 2.84 bits per heavy atom. The summed E-state index contributed by atoms with van der Waals surface area (Å²) in [7, 11) is 1.63. The molecule has 0 fully saturated rings. The Bertz CT molecular complexity index is 603. The minimum Gasteiger partial charge on any atom is -0.475 e. The number of hydrogen-bond donors (Lipinski definition) is 3. The molecule has 0 aliphatic heterocycles. The van der Waals surface area contributed by atoms with Gasteiger partial charge in [0.25, 0.3) is 0 Å². The van der Waals surface area contributed by atoms with E-state index in [-0.39, 0.29) is 12.3 Å². The first kappa shape index (κ1) is 12.6. The Kier molecular flexibility index (Phi) is 3.46. The summed E-state index contributed by atoms with van der Waals surface area (Å²) in [5, 5.41) is 17.4. The van der Waals surface area contributed by atoms with Crippen LogP contribution >= 0.6 is 0 Å². The van der Waals surface area contributed by atoms with Gasteiger partial charge >= 0.3 is 12.0 Å². The van der Waals surface area contributed by atoms with E-state index < -0.39 is 12.0 Å². The number of amides is 2. The summed E-state index contributed by atoms with van der Waals surface area (Å²) in [4.78, 5) is 25.9. The molecule has 0 unspecified atom stereocenters. The van der Waals surface area contributed by atoms with Crippen LogP contribution in [0.3, 0.4) is 0 Å². The third kappa shape index (κ3) is 3.09. The number of nitrogens with zero attached hydrogens (tertiary/aromatic N) is 3. The molecule has 2 aromatic rings. The SMILES string of the molecule is Cn1ncnc1NC(=O)NCc1ccc(C(=O)O)o1. The maximum Gasteiger partial charge on any atom is 0.371 e. The zero-order valence-corrected chi connectivity index (χ0v) is 9.95. The molecule has 2 aromatic heterocycles. The fourth-order valence-corrected chi connectivity index (χ4v) is 1.31. The van der Waals surface area contributed by atoms with E-state index in [1.54, 1.807) is 7.05 Å². The first-order chi connectivity index (χ1) is 9.06. The van der Waals surface area contributed by atoms with E-state index in [0.29, 0.717) is 11.7 Å². The quantitative estimate of drug-likeness (QED) is 0.736. The predicted molar refractivity (Wildman–Crippen MR) is 62.5 cm³/mol. The maximum absolute atomic E-state index is 11.5. The van der Waals surface area contributed by atoms with Crippen LogP contribution < -0.4 is 10.6 Å². The number of furan rings is 1. The fraction of sp³-hybridized carbons (Fsp3) is 0.200. The second kappa shape index (κ2) is 5.21. The maximum atomic E-state index is 11.5. The highest BCUT2D eigenvalue weighted by Gasteiger charge is 2.10. The molecule has 19 heavy (non-hydrogen) atoms. The molecule has 3 N–H and O–H groups in total. The van der Waals surface area contributed by atoms with E-state index in [1.165, 1.54) is 23.1 Å². The zero-order valence-electron chi connectivity index (χ0n) is 9.95. The van der Waals surface area contributed by atoms with Gasteiger partial charge in [-0.1, -0.05) is 0 Å². The highest BCUT2D eigenvalue weighted by atomic mass is 16.4. The number of anilines is 1. The van der Waals surface area contributed by atoms with Gasteiger partial charge in [0.1, 0.15) is 12.1 Å². The Hall–Kier alpha value is -2.84. The van der Waals surface area contributed by atoms with Crippen LogP contribution in [0.25, 0.3) is 0 Å². The number of nitrogens with one attached hydrogen (secondary N) is 2. The van der Waals surface area contributed by atoms with Crippen molar-refractivity contribution >= 4 is 17.9 Å². The molecule has 0 saturated carbocycles. The number of carbonyl (C=O) groups is 2. The minimum atomic E-state index is -1.16. The summed E-state index contributed by atoms with van der Waals surface area (Å²) >= 11 is 0. The van der Waals surface area contributed by atoms with E-state index in [0.717, 1.165) is 0 Å². The summed E-state index contributed by atoms with van der Waals surface area (Å²) < 4.78 is 6.38. The van der Waals surface area contributed by atoms with Crippen LogP contribution in [0.1, 0.15) is 16.3 Å². The first-order valence-electron chi connectivity index (χ1n) is 5.27. The monoisotopic (exact) mass is 265 g/mol. The molecule has 2 amide bonds. The van der Waals surface area contributed by atoms with E-state index in [4.69, 9.17) is 9.52 Å². The van der Waals surface area contributed by atoms with Crippen molar-refractivity contribution < 1.29 is 19.1 Å². The van der Waals surface area contributed by atoms with E-state index >= 15 is 0 Å². The molecule has 0 spiro atoms. The molecule has 2 heterocycles. The predicted octanol–water partition coefficient (Wildman–Crippen LogP) is 0.428. The normalized spacial score (nSPS) is 10.2. The lowest BCUT2D eigenvalue weighted by molar-refractivity contribution is 0.0660. The molecule has 0 aromatic carbocycles. The second-order valence-corrected chi connectivity index (χ2v) is 3.59. The van der Waals surface area contributed by atoms with E-state index in [1.807, 2.05) is 0 Å². The highest BCUT2D eigenvalue weighted by molar-refractivity contribution is 5.87. The lowest BCUT2D eigenvalue weighted by Gasteiger charge is -2.04. The van der Waals surface area contributed by atoms with Gasteiger partial charge in [0.05, 0.1) is 6.54 Å². The van der Waals surface area contributed by atoms with Crippen LogP contribution in [0.15, 0.2) is 22.9 Å². The number of aromatic nitrogens is 3. The summed E-state index contributed by atoms with van der Waals surface area (Å²) in [5.74, 6) is -0.700. The minimum absolute atomic E-state index is 0.0664. The molecular weight excluding hydrogens is 254 g/mol. The standard InChI is InChI=1S/C10H11N5O4/c1-15-9(12-5-13-15)14-10(18)11-4-6-2-3-7(19-6)8(16)17/h2-3,5H,4H2,1H3,(H,16,17)(H2,11,12,13,14,18). The molecule has 9 heteroatoms. The lowest BCUT2D eigenvalue weighted by Crippen LogP contribution is -2.29. The molecule has 0 bridgehead atoms. The molecule has 0 radical (unpaired) electrons. The average Bonchev–Trinajstić information content (AvgIpc) is 2.97. The van der Waals surface area contributed by atoms with Crippen LogP contribution in [-0.4, -0.2) is 31.9 Å². The van der Waals surface area contributed by atoms with Crippen molar-refractivity contribution in [2.24, 2.45) is 7.05 Å². The Balaban J connectivity index is 1.86. The highest BCUT2D eigenvalue weighted by Crippen LogP contribution is 2.07. The van der Waals surface area contributed by atoms with Gasteiger partial charge < -0.3 is 14.8 Å². The number of aryl methyl sites for hydroxylation is 1. The molecule has 9 nitrogen and oxygen atoms in total. The van der Waals surface area contributed by atoms with Crippen LogP contribution in [0.4, 0.5) is 10.7 Å². The Morgan fingerprint density at radius 2 is 2.26 bits per heavy atom. The Labute approximate surface area is 107 Å². The van der Waals surface area contributed by atoms with Crippen LogP contribution in [0, 0.1) is 0 Å². The van der Waals surface area contributed by atoms with Gasteiger partial charge in [-0.05, 0) is 12.1 Å². The molecule has 0 atom stereocenters.